The van der Waals surface area contributed by atoms with Gasteiger partial charge in [-0.15, -0.1) is 0 Å². The molecule has 176 valence electrons. The first-order chi connectivity index (χ1) is 17.7. The van der Waals surface area contributed by atoms with Crippen LogP contribution >= 0.6 is 0 Å². The number of amides is 1. The van der Waals surface area contributed by atoms with Gasteiger partial charge in [0.25, 0.3) is 5.91 Å². The molecule has 5 aromatic rings. The van der Waals surface area contributed by atoms with Gasteiger partial charge in [-0.05, 0) is 59.7 Å². The van der Waals surface area contributed by atoms with E-state index in [1.54, 1.807) is 30.5 Å². The first-order valence-electron chi connectivity index (χ1n) is 11.4. The standard InChI is InChI=1S/C30H22FN3O2/c31-24-10-6-7-22(17-24)20-36-25-15-13-21(14-16-25)19-32-34-30(35)27-18-29(23-8-2-1-3-9-23)33-28-12-5-4-11-26(27)28/h1-19H,20H2,(H,34,35)/b32-19+. The molecule has 1 aromatic heterocycles. The Morgan fingerprint density at radius 1 is 0.889 bits per heavy atom. The summed E-state index contributed by atoms with van der Waals surface area (Å²) in [4.78, 5) is 17.7. The fourth-order valence-corrected chi connectivity index (χ4v) is 3.79. The molecule has 1 amide bonds. The van der Waals surface area contributed by atoms with E-state index in [1.807, 2.05) is 72.8 Å². The average Bonchev–Trinajstić information content (AvgIpc) is 2.92. The molecule has 1 N–H and O–H groups in total. The molecule has 1 heterocycles. The van der Waals surface area contributed by atoms with E-state index in [4.69, 9.17) is 9.72 Å². The zero-order valence-corrected chi connectivity index (χ0v) is 19.3. The summed E-state index contributed by atoms with van der Waals surface area (Å²) in [6, 6.07) is 32.6. The minimum Gasteiger partial charge on any atom is -0.489 e. The van der Waals surface area contributed by atoms with Crippen molar-refractivity contribution in [3.05, 3.63) is 132 Å². The van der Waals surface area contributed by atoms with Gasteiger partial charge in [-0.25, -0.2) is 14.8 Å². The molecule has 0 aliphatic heterocycles. The van der Waals surface area contributed by atoms with Gasteiger partial charge in [-0.1, -0.05) is 60.7 Å². The van der Waals surface area contributed by atoms with Crippen molar-refractivity contribution in [1.29, 1.82) is 0 Å². The SMILES string of the molecule is O=C(N/N=C/c1ccc(OCc2cccc(F)c2)cc1)c1cc(-c2ccccc2)nc2ccccc12. The number of pyridine rings is 1. The van der Waals surface area contributed by atoms with Crippen LogP contribution < -0.4 is 10.2 Å². The van der Waals surface area contributed by atoms with Crippen molar-refractivity contribution in [3.8, 4) is 17.0 Å². The lowest BCUT2D eigenvalue weighted by Gasteiger charge is -2.09. The molecule has 0 unspecified atom stereocenters. The van der Waals surface area contributed by atoms with Crippen LogP contribution in [0.15, 0.2) is 114 Å². The molecule has 5 nitrogen and oxygen atoms in total. The smallest absolute Gasteiger partial charge is 0.272 e. The van der Waals surface area contributed by atoms with Crippen molar-refractivity contribution in [1.82, 2.24) is 10.4 Å². The normalized spacial score (nSPS) is 11.0. The number of fused-ring (bicyclic) bond motifs is 1. The maximum Gasteiger partial charge on any atom is 0.272 e. The maximum atomic E-state index is 13.3. The molecule has 6 heteroatoms. The van der Waals surface area contributed by atoms with Crippen molar-refractivity contribution < 1.29 is 13.9 Å². The molecule has 0 saturated heterocycles. The van der Waals surface area contributed by atoms with Gasteiger partial charge in [0, 0.05) is 10.9 Å². The molecule has 0 bridgehead atoms. The van der Waals surface area contributed by atoms with Gasteiger partial charge in [0.05, 0.1) is 23.0 Å². The summed E-state index contributed by atoms with van der Waals surface area (Å²) in [5.41, 5.74) is 7.05. The number of aromatic nitrogens is 1. The van der Waals surface area contributed by atoms with E-state index in [2.05, 4.69) is 10.5 Å². The van der Waals surface area contributed by atoms with Crippen LogP contribution in [0.4, 0.5) is 4.39 Å². The van der Waals surface area contributed by atoms with Crippen LogP contribution in [0.1, 0.15) is 21.5 Å². The third-order valence-corrected chi connectivity index (χ3v) is 5.58. The molecule has 0 fully saturated rings. The van der Waals surface area contributed by atoms with Crippen LogP contribution in [0.2, 0.25) is 0 Å². The summed E-state index contributed by atoms with van der Waals surface area (Å²) < 4.78 is 19.0. The van der Waals surface area contributed by atoms with Crippen LogP contribution in [0.25, 0.3) is 22.2 Å². The van der Waals surface area contributed by atoms with Crippen molar-refractivity contribution in [2.45, 2.75) is 6.61 Å². The summed E-state index contributed by atoms with van der Waals surface area (Å²) >= 11 is 0. The monoisotopic (exact) mass is 475 g/mol. The lowest BCUT2D eigenvalue weighted by Crippen LogP contribution is -2.18. The van der Waals surface area contributed by atoms with Crippen molar-refractivity contribution in [2.75, 3.05) is 0 Å². The van der Waals surface area contributed by atoms with E-state index >= 15 is 0 Å². The van der Waals surface area contributed by atoms with Crippen LogP contribution in [-0.2, 0) is 6.61 Å². The number of rotatable bonds is 7. The molecular formula is C30H22FN3O2. The number of para-hydroxylation sites is 1. The Hall–Kier alpha value is -4.84. The number of ether oxygens (including phenoxy) is 1. The fraction of sp³-hybridized carbons (Fsp3) is 0.0333. The zero-order chi connectivity index (χ0) is 24.7. The summed E-state index contributed by atoms with van der Waals surface area (Å²) in [5.74, 6) is 0.0370. The number of benzene rings is 4. The Bertz CT molecular complexity index is 1530. The van der Waals surface area contributed by atoms with E-state index in [0.29, 0.717) is 11.3 Å². The van der Waals surface area contributed by atoms with Gasteiger partial charge in [0.2, 0.25) is 0 Å². The minimum absolute atomic E-state index is 0.270. The van der Waals surface area contributed by atoms with Gasteiger partial charge in [0.15, 0.2) is 0 Å². The molecule has 0 atom stereocenters. The topological polar surface area (TPSA) is 63.6 Å². The first-order valence-corrected chi connectivity index (χ1v) is 11.4. The highest BCUT2D eigenvalue weighted by Crippen LogP contribution is 2.24. The molecule has 0 aliphatic carbocycles. The summed E-state index contributed by atoms with van der Waals surface area (Å²) in [5, 5.41) is 4.89. The van der Waals surface area contributed by atoms with E-state index in [1.165, 1.54) is 12.1 Å². The Morgan fingerprint density at radius 2 is 1.67 bits per heavy atom. The molecule has 0 saturated carbocycles. The summed E-state index contributed by atoms with van der Waals surface area (Å²) in [6.07, 6.45) is 1.57. The number of carbonyl (C=O) groups is 1. The Kier molecular flexibility index (Phi) is 6.76. The van der Waals surface area contributed by atoms with Crippen molar-refractivity contribution in [3.63, 3.8) is 0 Å². The van der Waals surface area contributed by atoms with Gasteiger partial charge >= 0.3 is 0 Å². The lowest BCUT2D eigenvalue weighted by atomic mass is 10.0. The lowest BCUT2D eigenvalue weighted by molar-refractivity contribution is 0.0956. The third kappa shape index (κ3) is 5.45. The van der Waals surface area contributed by atoms with E-state index in [-0.39, 0.29) is 18.3 Å². The summed E-state index contributed by atoms with van der Waals surface area (Å²) in [7, 11) is 0. The second-order valence-corrected chi connectivity index (χ2v) is 8.12. The van der Waals surface area contributed by atoms with Crippen LogP contribution in [0.5, 0.6) is 5.75 Å². The highest BCUT2D eigenvalue weighted by molar-refractivity contribution is 6.07. The van der Waals surface area contributed by atoms with Gasteiger partial charge < -0.3 is 4.74 Å². The van der Waals surface area contributed by atoms with Gasteiger partial charge in [-0.2, -0.15) is 5.10 Å². The Balaban J connectivity index is 1.27. The predicted molar refractivity (Wildman–Crippen MR) is 139 cm³/mol. The molecule has 0 spiro atoms. The maximum absolute atomic E-state index is 13.3. The fourth-order valence-electron chi connectivity index (χ4n) is 3.79. The number of hydrazone groups is 1. The number of carbonyl (C=O) groups excluding carboxylic acids is 1. The number of hydrogen-bond acceptors (Lipinski definition) is 4. The Labute approximate surface area is 207 Å². The largest absolute Gasteiger partial charge is 0.489 e. The second kappa shape index (κ2) is 10.6. The quantitative estimate of drug-likeness (QED) is 0.219. The first kappa shape index (κ1) is 22.9. The van der Waals surface area contributed by atoms with Crippen molar-refractivity contribution >= 4 is 23.0 Å². The third-order valence-electron chi connectivity index (χ3n) is 5.58. The van der Waals surface area contributed by atoms with E-state index < -0.39 is 0 Å². The van der Waals surface area contributed by atoms with Gasteiger partial charge in [0.1, 0.15) is 18.2 Å². The zero-order valence-electron chi connectivity index (χ0n) is 19.3. The Morgan fingerprint density at radius 3 is 2.47 bits per heavy atom. The predicted octanol–water partition coefficient (Wildman–Crippen LogP) is 6.38. The molecule has 0 radical (unpaired) electrons. The van der Waals surface area contributed by atoms with Crippen LogP contribution in [-0.4, -0.2) is 17.1 Å². The molecule has 4 aromatic carbocycles. The van der Waals surface area contributed by atoms with Crippen LogP contribution in [0.3, 0.4) is 0 Å². The summed E-state index contributed by atoms with van der Waals surface area (Å²) in [6.45, 7) is 0.270. The molecule has 36 heavy (non-hydrogen) atoms. The molecular weight excluding hydrogens is 453 g/mol. The molecule has 5 rings (SSSR count). The van der Waals surface area contributed by atoms with E-state index in [9.17, 15) is 9.18 Å². The number of nitrogens with one attached hydrogen (secondary N) is 1. The second-order valence-electron chi connectivity index (χ2n) is 8.12. The van der Waals surface area contributed by atoms with Gasteiger partial charge in [-0.3, -0.25) is 4.79 Å². The average molecular weight is 476 g/mol. The number of hydrogen-bond donors (Lipinski definition) is 1. The molecule has 0 aliphatic rings. The minimum atomic E-state index is -0.322. The highest BCUT2D eigenvalue weighted by Gasteiger charge is 2.13. The van der Waals surface area contributed by atoms with E-state index in [0.717, 1.165) is 33.3 Å². The highest BCUT2D eigenvalue weighted by atomic mass is 19.1. The number of halogens is 1. The van der Waals surface area contributed by atoms with Crippen molar-refractivity contribution in [2.24, 2.45) is 5.10 Å². The number of nitrogens with zero attached hydrogens (tertiary/aromatic N) is 2. The van der Waals surface area contributed by atoms with Crippen LogP contribution in [0, 0.1) is 5.82 Å².